The van der Waals surface area contributed by atoms with Crippen LogP contribution in [0.5, 0.6) is 0 Å². The number of thiophene rings is 1. The largest absolute Gasteiger partial charge is 0.335 e. The molecular formula is C21H18FN3OS2. The summed E-state index contributed by atoms with van der Waals surface area (Å²) >= 11 is 3.10. The van der Waals surface area contributed by atoms with Gasteiger partial charge >= 0.3 is 0 Å². The van der Waals surface area contributed by atoms with E-state index >= 15 is 0 Å². The Kier molecular flexibility index (Phi) is 4.58. The summed E-state index contributed by atoms with van der Waals surface area (Å²) in [5.74, 6) is -0.224. The van der Waals surface area contributed by atoms with Gasteiger partial charge in [0.05, 0.1) is 21.6 Å². The maximum atomic E-state index is 13.4. The molecule has 0 aliphatic carbocycles. The van der Waals surface area contributed by atoms with Crippen molar-refractivity contribution < 1.29 is 9.18 Å². The number of carbonyl (C=O) groups is 1. The van der Waals surface area contributed by atoms with Gasteiger partial charge in [-0.2, -0.15) is 0 Å². The maximum absolute atomic E-state index is 13.4. The number of amides is 1. The molecule has 0 saturated carbocycles. The van der Waals surface area contributed by atoms with Crippen LogP contribution in [0.25, 0.3) is 20.3 Å². The first kappa shape index (κ1) is 17.7. The van der Waals surface area contributed by atoms with Gasteiger partial charge in [0.1, 0.15) is 10.8 Å². The molecule has 4 aromatic rings. The average Bonchev–Trinajstić information content (AvgIpc) is 3.31. The van der Waals surface area contributed by atoms with Gasteiger partial charge in [-0.05, 0) is 35.7 Å². The van der Waals surface area contributed by atoms with E-state index in [-0.39, 0.29) is 11.7 Å². The van der Waals surface area contributed by atoms with Crippen molar-refractivity contribution >= 4 is 48.9 Å². The van der Waals surface area contributed by atoms with Crippen molar-refractivity contribution in [2.75, 3.05) is 26.2 Å². The summed E-state index contributed by atoms with van der Waals surface area (Å²) in [5.41, 5.74) is 1.05. The molecule has 0 N–H and O–H groups in total. The molecule has 3 heterocycles. The molecule has 7 heteroatoms. The zero-order valence-electron chi connectivity index (χ0n) is 15.1. The topological polar surface area (TPSA) is 36.4 Å². The van der Waals surface area contributed by atoms with Crippen LogP contribution in [0.2, 0.25) is 0 Å². The number of halogens is 1. The van der Waals surface area contributed by atoms with Crippen LogP contribution < -0.4 is 0 Å². The minimum absolute atomic E-state index is 0.0428. The summed E-state index contributed by atoms with van der Waals surface area (Å²) in [6, 6.07) is 14.7. The first-order valence-corrected chi connectivity index (χ1v) is 10.8. The van der Waals surface area contributed by atoms with Crippen LogP contribution in [0.15, 0.2) is 48.5 Å². The molecule has 2 aromatic heterocycles. The van der Waals surface area contributed by atoms with Gasteiger partial charge in [-0.25, -0.2) is 9.37 Å². The first-order chi connectivity index (χ1) is 13.7. The minimum atomic E-state index is -0.267. The molecule has 0 unspecified atom stereocenters. The van der Waals surface area contributed by atoms with Crippen molar-refractivity contribution in [1.82, 2.24) is 14.8 Å². The fraction of sp³-hybridized carbons (Fsp3) is 0.238. The van der Waals surface area contributed by atoms with Crippen molar-refractivity contribution in [3.63, 3.8) is 0 Å². The van der Waals surface area contributed by atoms with Crippen molar-refractivity contribution in [3.8, 4) is 0 Å². The molecule has 0 radical (unpaired) electrons. The molecule has 2 aromatic carbocycles. The lowest BCUT2D eigenvalue weighted by Crippen LogP contribution is -2.48. The third-order valence-corrected chi connectivity index (χ3v) is 7.16. The zero-order valence-corrected chi connectivity index (χ0v) is 16.7. The van der Waals surface area contributed by atoms with E-state index in [4.69, 9.17) is 4.98 Å². The number of benzene rings is 2. The second kappa shape index (κ2) is 7.24. The van der Waals surface area contributed by atoms with Gasteiger partial charge in [0.2, 0.25) is 0 Å². The van der Waals surface area contributed by atoms with Crippen LogP contribution in [-0.2, 0) is 6.54 Å². The molecule has 0 bridgehead atoms. The number of para-hydroxylation sites is 1. The molecular weight excluding hydrogens is 393 g/mol. The predicted octanol–water partition coefficient (Wildman–Crippen LogP) is 4.61. The van der Waals surface area contributed by atoms with Gasteiger partial charge in [0, 0.05) is 30.9 Å². The third-order valence-electron chi connectivity index (χ3n) is 5.05. The highest BCUT2D eigenvalue weighted by Gasteiger charge is 2.24. The van der Waals surface area contributed by atoms with E-state index in [1.54, 1.807) is 17.4 Å². The van der Waals surface area contributed by atoms with Gasteiger partial charge in [-0.1, -0.05) is 18.2 Å². The average molecular weight is 412 g/mol. The van der Waals surface area contributed by atoms with Crippen LogP contribution in [-0.4, -0.2) is 46.9 Å². The van der Waals surface area contributed by atoms with E-state index in [0.717, 1.165) is 40.2 Å². The highest BCUT2D eigenvalue weighted by atomic mass is 32.1. The summed E-state index contributed by atoms with van der Waals surface area (Å²) < 4.78 is 15.4. The second-order valence-corrected chi connectivity index (χ2v) is 9.14. The number of rotatable bonds is 3. The molecule has 1 aliphatic heterocycles. The van der Waals surface area contributed by atoms with Gasteiger partial charge in [-0.15, -0.1) is 22.7 Å². The quantitative estimate of drug-likeness (QED) is 0.494. The lowest BCUT2D eigenvalue weighted by atomic mass is 10.2. The molecule has 5 rings (SSSR count). The molecule has 28 heavy (non-hydrogen) atoms. The summed E-state index contributed by atoms with van der Waals surface area (Å²) in [6.45, 7) is 3.89. The fourth-order valence-electron chi connectivity index (χ4n) is 3.55. The highest BCUT2D eigenvalue weighted by Crippen LogP contribution is 2.28. The summed E-state index contributed by atoms with van der Waals surface area (Å²) in [7, 11) is 0. The van der Waals surface area contributed by atoms with Crippen molar-refractivity contribution in [1.29, 1.82) is 0 Å². The summed E-state index contributed by atoms with van der Waals surface area (Å²) in [6.07, 6.45) is 0. The van der Waals surface area contributed by atoms with Crippen LogP contribution >= 0.6 is 22.7 Å². The lowest BCUT2D eigenvalue weighted by Gasteiger charge is -2.34. The minimum Gasteiger partial charge on any atom is -0.335 e. The van der Waals surface area contributed by atoms with E-state index < -0.39 is 0 Å². The summed E-state index contributed by atoms with van der Waals surface area (Å²) in [5, 5.41) is 2.04. The molecule has 1 aliphatic rings. The Balaban J connectivity index is 1.24. The molecule has 1 fully saturated rings. The first-order valence-electron chi connectivity index (χ1n) is 9.21. The number of aromatic nitrogens is 1. The third kappa shape index (κ3) is 3.41. The summed E-state index contributed by atoms with van der Waals surface area (Å²) in [4.78, 5) is 22.5. The van der Waals surface area contributed by atoms with E-state index in [9.17, 15) is 9.18 Å². The molecule has 4 nitrogen and oxygen atoms in total. The molecule has 0 spiro atoms. The van der Waals surface area contributed by atoms with Crippen molar-refractivity contribution in [2.24, 2.45) is 0 Å². The SMILES string of the molecule is O=C(c1cc2ccc(F)cc2s1)N1CCN(Cc2nc3ccccc3s2)CC1. The number of hydrogen-bond donors (Lipinski definition) is 0. The van der Waals surface area contributed by atoms with Crippen LogP contribution in [0.3, 0.4) is 0 Å². The molecule has 142 valence electrons. The number of thiazole rings is 1. The number of hydrogen-bond acceptors (Lipinski definition) is 5. The van der Waals surface area contributed by atoms with Gasteiger partial charge in [0.15, 0.2) is 0 Å². The van der Waals surface area contributed by atoms with E-state index in [2.05, 4.69) is 11.0 Å². The van der Waals surface area contributed by atoms with E-state index in [0.29, 0.717) is 18.0 Å². The molecule has 0 atom stereocenters. The Bertz CT molecular complexity index is 1130. The van der Waals surface area contributed by atoms with Crippen molar-refractivity contribution in [3.05, 3.63) is 64.2 Å². The van der Waals surface area contributed by atoms with Gasteiger partial charge in [-0.3, -0.25) is 9.69 Å². The Labute approximate surface area is 169 Å². The zero-order chi connectivity index (χ0) is 19.1. The van der Waals surface area contributed by atoms with Gasteiger partial charge < -0.3 is 4.90 Å². The number of carbonyl (C=O) groups excluding carboxylic acids is 1. The fourth-order valence-corrected chi connectivity index (χ4v) is 5.62. The number of piperazine rings is 1. The van der Waals surface area contributed by atoms with E-state index in [1.807, 2.05) is 29.2 Å². The standard InChI is InChI=1S/C21H18FN3OS2/c22-15-6-5-14-11-19(27-18(14)12-15)21(26)25-9-7-24(8-10-25)13-20-23-16-3-1-2-4-17(16)28-20/h1-6,11-12H,7-10,13H2. The maximum Gasteiger partial charge on any atom is 0.264 e. The Hall–Kier alpha value is -2.35. The monoisotopic (exact) mass is 411 g/mol. The Morgan fingerprint density at radius 3 is 2.64 bits per heavy atom. The predicted molar refractivity (Wildman–Crippen MR) is 113 cm³/mol. The van der Waals surface area contributed by atoms with Crippen molar-refractivity contribution in [2.45, 2.75) is 6.54 Å². The lowest BCUT2D eigenvalue weighted by molar-refractivity contribution is 0.0633. The molecule has 1 amide bonds. The number of nitrogens with zero attached hydrogens (tertiary/aromatic N) is 3. The van der Waals surface area contributed by atoms with E-state index in [1.165, 1.54) is 28.2 Å². The second-order valence-electron chi connectivity index (χ2n) is 6.94. The Morgan fingerprint density at radius 2 is 1.82 bits per heavy atom. The normalized spacial score (nSPS) is 15.5. The Morgan fingerprint density at radius 1 is 1.00 bits per heavy atom. The molecule has 1 saturated heterocycles. The number of fused-ring (bicyclic) bond motifs is 2. The van der Waals surface area contributed by atoms with Gasteiger partial charge in [0.25, 0.3) is 5.91 Å². The van der Waals surface area contributed by atoms with Crippen LogP contribution in [0.4, 0.5) is 4.39 Å². The highest BCUT2D eigenvalue weighted by molar-refractivity contribution is 7.20. The van der Waals surface area contributed by atoms with Crippen LogP contribution in [0.1, 0.15) is 14.7 Å². The van der Waals surface area contributed by atoms with Crippen LogP contribution in [0, 0.1) is 5.82 Å². The smallest absolute Gasteiger partial charge is 0.264 e.